The fourth-order valence-corrected chi connectivity index (χ4v) is 3.72. The van der Waals surface area contributed by atoms with Gasteiger partial charge in [-0.3, -0.25) is 4.79 Å². The number of amides is 1. The third kappa shape index (κ3) is 4.07. The SMILES string of the molecule is O=C1CCCN1[C@@H](c1ccc(F)cc1)[C@H](OCC1CC1)c1ccc(F)c(F)c1. The molecule has 0 aromatic heterocycles. The Balaban J connectivity index is 1.75. The van der Waals surface area contributed by atoms with Gasteiger partial charge >= 0.3 is 0 Å². The fourth-order valence-electron chi connectivity index (χ4n) is 3.72. The lowest BCUT2D eigenvalue weighted by Gasteiger charge is -2.35. The van der Waals surface area contributed by atoms with Crippen LogP contribution in [-0.4, -0.2) is 24.0 Å². The molecule has 3 nitrogen and oxygen atoms in total. The van der Waals surface area contributed by atoms with Crippen LogP contribution in [0.3, 0.4) is 0 Å². The molecule has 2 aromatic carbocycles. The molecule has 1 aliphatic heterocycles. The van der Waals surface area contributed by atoms with Crippen LogP contribution in [0, 0.1) is 23.4 Å². The zero-order valence-corrected chi connectivity index (χ0v) is 15.4. The van der Waals surface area contributed by atoms with Crippen molar-refractivity contribution in [3.05, 3.63) is 71.0 Å². The zero-order chi connectivity index (χ0) is 19.7. The Morgan fingerprint density at radius 2 is 1.71 bits per heavy atom. The average molecular weight is 389 g/mol. The van der Waals surface area contributed by atoms with E-state index in [0.29, 0.717) is 36.6 Å². The highest BCUT2D eigenvalue weighted by molar-refractivity contribution is 5.78. The quantitative estimate of drug-likeness (QED) is 0.672. The van der Waals surface area contributed by atoms with E-state index in [1.54, 1.807) is 17.0 Å². The highest BCUT2D eigenvalue weighted by Crippen LogP contribution is 2.41. The number of hydrogen-bond donors (Lipinski definition) is 0. The van der Waals surface area contributed by atoms with Gasteiger partial charge in [-0.25, -0.2) is 13.2 Å². The summed E-state index contributed by atoms with van der Waals surface area (Å²) in [4.78, 5) is 14.2. The van der Waals surface area contributed by atoms with Crippen LogP contribution < -0.4 is 0 Å². The third-order valence-electron chi connectivity index (χ3n) is 5.42. The summed E-state index contributed by atoms with van der Waals surface area (Å²) in [6.45, 7) is 1.04. The van der Waals surface area contributed by atoms with Gasteiger partial charge in [0.2, 0.25) is 5.91 Å². The molecule has 2 aliphatic rings. The molecule has 28 heavy (non-hydrogen) atoms. The van der Waals surface area contributed by atoms with Gasteiger partial charge in [0.15, 0.2) is 11.6 Å². The number of rotatable bonds is 7. The number of likely N-dealkylation sites (tertiary alicyclic amines) is 1. The standard InChI is InChI=1S/C22H22F3NO2/c23-17-8-5-15(6-9-17)21(26-11-1-2-20(26)27)22(28-13-14-3-4-14)16-7-10-18(24)19(25)12-16/h5-10,12,14,21-22H,1-4,11,13H2/t21-,22+/m0/s1. The number of carbonyl (C=O) groups is 1. The summed E-state index contributed by atoms with van der Waals surface area (Å²) in [5.74, 6) is -1.82. The van der Waals surface area contributed by atoms with Crippen molar-refractivity contribution in [3.8, 4) is 0 Å². The molecule has 4 rings (SSSR count). The first-order valence-electron chi connectivity index (χ1n) is 9.64. The number of nitrogens with zero attached hydrogens (tertiary/aromatic N) is 1. The molecule has 0 spiro atoms. The highest BCUT2D eigenvalue weighted by atomic mass is 19.2. The molecular formula is C22H22F3NO2. The first-order valence-corrected chi connectivity index (χ1v) is 9.64. The van der Waals surface area contributed by atoms with E-state index >= 15 is 0 Å². The smallest absolute Gasteiger partial charge is 0.223 e. The Bertz CT molecular complexity index is 851. The number of benzene rings is 2. The first kappa shape index (κ1) is 19.0. The van der Waals surface area contributed by atoms with Crippen LogP contribution in [0.5, 0.6) is 0 Å². The van der Waals surface area contributed by atoms with Crippen molar-refractivity contribution >= 4 is 5.91 Å². The zero-order valence-electron chi connectivity index (χ0n) is 15.4. The second-order valence-corrected chi connectivity index (χ2v) is 7.56. The van der Waals surface area contributed by atoms with E-state index < -0.39 is 23.8 Å². The Kier molecular flexibility index (Phi) is 5.40. The van der Waals surface area contributed by atoms with Crippen molar-refractivity contribution in [2.75, 3.05) is 13.2 Å². The van der Waals surface area contributed by atoms with E-state index in [9.17, 15) is 18.0 Å². The number of hydrogen-bond acceptors (Lipinski definition) is 2. The molecule has 1 amide bonds. The molecule has 1 saturated heterocycles. The Hall–Kier alpha value is -2.34. The van der Waals surface area contributed by atoms with Crippen LogP contribution >= 0.6 is 0 Å². The van der Waals surface area contributed by atoms with Crippen LogP contribution in [0.15, 0.2) is 42.5 Å². The molecule has 0 bridgehead atoms. The van der Waals surface area contributed by atoms with E-state index in [2.05, 4.69) is 0 Å². The van der Waals surface area contributed by atoms with Crippen molar-refractivity contribution in [1.82, 2.24) is 4.90 Å². The van der Waals surface area contributed by atoms with E-state index in [1.165, 1.54) is 18.2 Å². The van der Waals surface area contributed by atoms with Crippen LogP contribution in [0.2, 0.25) is 0 Å². The molecule has 1 saturated carbocycles. The van der Waals surface area contributed by atoms with Crippen LogP contribution in [0.4, 0.5) is 13.2 Å². The predicted molar refractivity (Wildman–Crippen MR) is 97.9 cm³/mol. The van der Waals surface area contributed by atoms with Gasteiger partial charge in [0.05, 0.1) is 12.6 Å². The Morgan fingerprint density at radius 1 is 1.00 bits per heavy atom. The average Bonchev–Trinajstić information content (AvgIpc) is 3.42. The van der Waals surface area contributed by atoms with Gasteiger partial charge in [0, 0.05) is 13.0 Å². The molecule has 2 fully saturated rings. The van der Waals surface area contributed by atoms with Gasteiger partial charge in [-0.1, -0.05) is 18.2 Å². The normalized spacial score (nSPS) is 19.1. The molecule has 148 valence electrons. The third-order valence-corrected chi connectivity index (χ3v) is 5.42. The van der Waals surface area contributed by atoms with Crippen LogP contribution in [-0.2, 0) is 9.53 Å². The van der Waals surface area contributed by atoms with E-state index in [4.69, 9.17) is 4.74 Å². The fraction of sp³-hybridized carbons (Fsp3) is 0.409. The second kappa shape index (κ2) is 7.95. The first-order chi connectivity index (χ1) is 13.5. The second-order valence-electron chi connectivity index (χ2n) is 7.56. The number of ether oxygens (including phenoxy) is 1. The summed E-state index contributed by atoms with van der Waals surface area (Å²) in [7, 11) is 0. The van der Waals surface area contributed by atoms with Gasteiger partial charge < -0.3 is 9.64 Å². The van der Waals surface area contributed by atoms with E-state index in [1.807, 2.05) is 0 Å². The summed E-state index contributed by atoms with van der Waals surface area (Å²) in [6, 6.07) is 9.10. The van der Waals surface area contributed by atoms with Crippen LogP contribution in [0.25, 0.3) is 0 Å². The van der Waals surface area contributed by atoms with Gasteiger partial charge in [0.25, 0.3) is 0 Å². The minimum atomic E-state index is -0.955. The lowest BCUT2D eigenvalue weighted by Crippen LogP contribution is -2.35. The van der Waals surface area contributed by atoms with E-state index in [-0.39, 0.29) is 11.7 Å². The highest BCUT2D eigenvalue weighted by Gasteiger charge is 2.37. The topological polar surface area (TPSA) is 29.5 Å². The summed E-state index contributed by atoms with van der Waals surface area (Å²) < 4.78 is 47.1. The molecule has 2 atom stereocenters. The van der Waals surface area contributed by atoms with Gasteiger partial charge in [-0.05, 0) is 60.6 Å². The molecule has 1 aliphatic carbocycles. The van der Waals surface area contributed by atoms with E-state index in [0.717, 1.165) is 31.4 Å². The summed E-state index contributed by atoms with van der Waals surface area (Å²) in [5, 5.41) is 0. The molecule has 2 aromatic rings. The van der Waals surface area contributed by atoms with Crippen molar-refractivity contribution in [3.63, 3.8) is 0 Å². The van der Waals surface area contributed by atoms with Crippen LogP contribution in [0.1, 0.15) is 49.0 Å². The molecular weight excluding hydrogens is 367 g/mol. The van der Waals surface area contributed by atoms with Crippen molar-refractivity contribution in [1.29, 1.82) is 0 Å². The van der Waals surface area contributed by atoms with Crippen molar-refractivity contribution in [2.24, 2.45) is 5.92 Å². The number of carbonyl (C=O) groups excluding carboxylic acids is 1. The largest absolute Gasteiger partial charge is 0.371 e. The van der Waals surface area contributed by atoms with Gasteiger partial charge in [0.1, 0.15) is 11.9 Å². The Morgan fingerprint density at radius 3 is 2.32 bits per heavy atom. The predicted octanol–water partition coefficient (Wildman–Crippen LogP) is 4.94. The monoisotopic (exact) mass is 389 g/mol. The summed E-state index contributed by atoms with van der Waals surface area (Å²) >= 11 is 0. The maximum absolute atomic E-state index is 14.0. The maximum Gasteiger partial charge on any atom is 0.223 e. The van der Waals surface area contributed by atoms with Crippen molar-refractivity contribution < 1.29 is 22.7 Å². The summed E-state index contributed by atoms with van der Waals surface area (Å²) in [5.41, 5.74) is 1.18. The molecule has 0 N–H and O–H groups in total. The number of halogens is 3. The maximum atomic E-state index is 14.0. The molecule has 0 radical (unpaired) electrons. The minimum Gasteiger partial charge on any atom is -0.371 e. The Labute approximate surface area is 162 Å². The van der Waals surface area contributed by atoms with Gasteiger partial charge in [-0.15, -0.1) is 0 Å². The lowest BCUT2D eigenvalue weighted by molar-refractivity contribution is -0.133. The van der Waals surface area contributed by atoms with Gasteiger partial charge in [-0.2, -0.15) is 0 Å². The van der Waals surface area contributed by atoms with Crippen molar-refractivity contribution in [2.45, 2.75) is 37.8 Å². The minimum absolute atomic E-state index is 0.0167. The molecule has 0 unspecified atom stereocenters. The molecule has 1 heterocycles. The summed E-state index contributed by atoms with van der Waals surface area (Å²) in [6.07, 6.45) is 2.65. The lowest BCUT2D eigenvalue weighted by atomic mass is 9.94. The molecule has 6 heteroatoms.